The lowest BCUT2D eigenvalue weighted by atomic mass is 10.2. The Kier molecular flexibility index (Phi) is 6.11. The molecule has 0 spiro atoms. The van der Waals surface area contributed by atoms with Crippen LogP contribution in [-0.4, -0.2) is 23.9 Å². The van der Waals surface area contributed by atoms with Crippen molar-refractivity contribution in [1.29, 1.82) is 0 Å². The number of aryl methyl sites for hydroxylation is 1. The minimum absolute atomic E-state index is 0.0448. The molecule has 0 saturated carbocycles. The minimum Gasteiger partial charge on any atom is -0.465 e. The number of nitro benzene ring substituents is 1. The van der Waals surface area contributed by atoms with E-state index < -0.39 is 16.8 Å². The van der Waals surface area contributed by atoms with Gasteiger partial charge in [-0.3, -0.25) is 14.9 Å². The van der Waals surface area contributed by atoms with Crippen molar-refractivity contribution in [2.45, 2.75) is 19.8 Å². The van der Waals surface area contributed by atoms with Crippen LogP contribution < -0.4 is 5.32 Å². The van der Waals surface area contributed by atoms with Crippen LogP contribution in [0.4, 0.5) is 10.7 Å². The van der Waals surface area contributed by atoms with Crippen LogP contribution in [0, 0.1) is 10.1 Å². The lowest BCUT2D eigenvalue weighted by molar-refractivity contribution is -0.384. The molecule has 1 aromatic heterocycles. The molecular weight excluding hydrogens is 368 g/mol. The zero-order chi connectivity index (χ0) is 18.6. The van der Waals surface area contributed by atoms with Crippen LogP contribution in [0.5, 0.6) is 0 Å². The summed E-state index contributed by atoms with van der Waals surface area (Å²) in [4.78, 5) is 35.4. The molecule has 25 heavy (non-hydrogen) atoms. The number of carbonyl (C=O) groups excluding carboxylic acids is 2. The van der Waals surface area contributed by atoms with E-state index in [-0.39, 0.29) is 21.8 Å². The third-order valence-electron chi connectivity index (χ3n) is 3.32. The zero-order valence-corrected chi connectivity index (χ0v) is 15.1. The lowest BCUT2D eigenvalue weighted by Crippen LogP contribution is -2.14. The summed E-state index contributed by atoms with van der Waals surface area (Å²) < 4.78 is 4.74. The highest BCUT2D eigenvalue weighted by Gasteiger charge is 2.21. The monoisotopic (exact) mass is 382 g/mol. The predicted octanol–water partition coefficient (Wildman–Crippen LogP) is 4.30. The van der Waals surface area contributed by atoms with E-state index in [0.717, 1.165) is 23.8 Å². The van der Waals surface area contributed by atoms with Gasteiger partial charge in [0.05, 0.1) is 28.2 Å². The van der Waals surface area contributed by atoms with Gasteiger partial charge >= 0.3 is 5.97 Å². The van der Waals surface area contributed by atoms with Crippen LogP contribution in [0.3, 0.4) is 0 Å². The average molecular weight is 383 g/mol. The van der Waals surface area contributed by atoms with Crippen LogP contribution in [-0.2, 0) is 11.2 Å². The van der Waals surface area contributed by atoms with E-state index in [9.17, 15) is 19.7 Å². The molecule has 0 aliphatic heterocycles. The number of methoxy groups -OCH3 is 1. The Morgan fingerprint density at radius 2 is 2.04 bits per heavy atom. The molecule has 0 bridgehead atoms. The number of hydrogen-bond donors (Lipinski definition) is 1. The second-order valence-corrected chi connectivity index (χ2v) is 6.62. The molecule has 2 aromatic rings. The first-order valence-corrected chi connectivity index (χ1v) is 8.53. The number of hydrogen-bond acceptors (Lipinski definition) is 6. The number of nitro groups is 1. The van der Waals surface area contributed by atoms with Crippen molar-refractivity contribution < 1.29 is 19.2 Å². The number of non-ortho nitro benzene ring substituents is 1. The number of ether oxygens (including phenoxy) is 1. The fourth-order valence-electron chi connectivity index (χ4n) is 2.14. The summed E-state index contributed by atoms with van der Waals surface area (Å²) in [6.45, 7) is 2.01. The summed E-state index contributed by atoms with van der Waals surface area (Å²) in [5.74, 6) is -1.11. The molecule has 2 rings (SSSR count). The van der Waals surface area contributed by atoms with Crippen LogP contribution in [0.25, 0.3) is 0 Å². The third-order valence-corrected chi connectivity index (χ3v) is 4.74. The van der Waals surface area contributed by atoms with E-state index in [0.29, 0.717) is 5.00 Å². The summed E-state index contributed by atoms with van der Waals surface area (Å²) in [5.41, 5.74) is 0.133. The molecule has 0 saturated heterocycles. The number of anilines is 1. The van der Waals surface area contributed by atoms with Crippen molar-refractivity contribution in [1.82, 2.24) is 0 Å². The highest BCUT2D eigenvalue weighted by Crippen LogP contribution is 2.31. The first-order valence-electron chi connectivity index (χ1n) is 7.33. The standard InChI is InChI=1S/C16H15ClN2O5S/c1-3-4-10-8-12(16(21)24-2)15(25-10)18-14(20)11-6-5-9(19(22)23)7-13(11)17/h5-8H,3-4H2,1-2H3,(H,18,20). The second kappa shape index (κ2) is 8.09. The van der Waals surface area contributed by atoms with E-state index in [1.165, 1.54) is 30.6 Å². The number of amides is 1. The van der Waals surface area contributed by atoms with Crippen molar-refractivity contribution in [3.63, 3.8) is 0 Å². The maximum absolute atomic E-state index is 12.4. The molecule has 1 aromatic carbocycles. The Morgan fingerprint density at radius 3 is 2.60 bits per heavy atom. The fourth-order valence-corrected chi connectivity index (χ4v) is 3.54. The van der Waals surface area contributed by atoms with Gasteiger partial charge in [-0.15, -0.1) is 11.3 Å². The van der Waals surface area contributed by atoms with Crippen LogP contribution in [0.2, 0.25) is 5.02 Å². The first-order chi connectivity index (χ1) is 11.9. The van der Waals surface area contributed by atoms with E-state index in [1.807, 2.05) is 6.92 Å². The lowest BCUT2D eigenvalue weighted by Gasteiger charge is -2.06. The van der Waals surface area contributed by atoms with Crippen LogP contribution in [0.15, 0.2) is 24.3 Å². The summed E-state index contributed by atoms with van der Waals surface area (Å²) in [5, 5.41) is 13.7. The Hall–Kier alpha value is -2.45. The van der Waals surface area contributed by atoms with E-state index in [2.05, 4.69) is 5.32 Å². The van der Waals surface area contributed by atoms with Gasteiger partial charge in [0, 0.05) is 17.0 Å². The van der Waals surface area contributed by atoms with Crippen molar-refractivity contribution >= 4 is 45.5 Å². The Balaban J connectivity index is 2.31. The molecule has 7 nitrogen and oxygen atoms in total. The van der Waals surface area contributed by atoms with Gasteiger partial charge < -0.3 is 10.1 Å². The largest absolute Gasteiger partial charge is 0.465 e. The molecule has 0 aliphatic carbocycles. The SMILES string of the molecule is CCCc1cc(C(=O)OC)c(NC(=O)c2ccc([N+](=O)[O-])cc2Cl)s1. The predicted molar refractivity (Wildman–Crippen MR) is 95.7 cm³/mol. The molecule has 1 heterocycles. The minimum atomic E-state index is -0.598. The molecule has 9 heteroatoms. The van der Waals surface area contributed by atoms with Gasteiger partial charge in [-0.25, -0.2) is 4.79 Å². The van der Waals surface area contributed by atoms with E-state index >= 15 is 0 Å². The fraction of sp³-hybridized carbons (Fsp3) is 0.250. The van der Waals surface area contributed by atoms with Gasteiger partial charge in [-0.2, -0.15) is 0 Å². The molecule has 1 amide bonds. The number of benzene rings is 1. The van der Waals surface area contributed by atoms with Gasteiger partial charge in [0.15, 0.2) is 0 Å². The zero-order valence-electron chi connectivity index (χ0n) is 13.5. The molecule has 132 valence electrons. The molecule has 0 radical (unpaired) electrons. The number of halogens is 1. The number of esters is 1. The highest BCUT2D eigenvalue weighted by molar-refractivity contribution is 7.16. The quantitative estimate of drug-likeness (QED) is 0.456. The maximum atomic E-state index is 12.4. The van der Waals surface area contributed by atoms with Crippen molar-refractivity contribution in [3.05, 3.63) is 55.4 Å². The molecular formula is C16H15ClN2O5S. The molecule has 0 fully saturated rings. The molecule has 0 unspecified atom stereocenters. The summed E-state index contributed by atoms with van der Waals surface area (Å²) in [6.07, 6.45) is 1.66. The Morgan fingerprint density at radius 1 is 1.32 bits per heavy atom. The summed E-state index contributed by atoms with van der Waals surface area (Å²) in [7, 11) is 1.26. The highest BCUT2D eigenvalue weighted by atomic mass is 35.5. The Bertz CT molecular complexity index is 834. The summed E-state index contributed by atoms with van der Waals surface area (Å²) in [6, 6.07) is 5.26. The first kappa shape index (κ1) is 18.9. The smallest absolute Gasteiger partial charge is 0.340 e. The van der Waals surface area contributed by atoms with Gasteiger partial charge in [0.1, 0.15) is 5.00 Å². The van der Waals surface area contributed by atoms with Crippen LogP contribution >= 0.6 is 22.9 Å². The normalized spacial score (nSPS) is 10.4. The van der Waals surface area contributed by atoms with E-state index in [1.54, 1.807) is 6.07 Å². The number of thiophene rings is 1. The second-order valence-electron chi connectivity index (χ2n) is 5.07. The Labute approximate surface area is 152 Å². The number of carbonyl (C=O) groups is 2. The molecule has 0 aliphatic rings. The van der Waals surface area contributed by atoms with Crippen LogP contribution in [0.1, 0.15) is 38.9 Å². The molecule has 0 atom stereocenters. The van der Waals surface area contributed by atoms with Crippen molar-refractivity contribution in [2.75, 3.05) is 12.4 Å². The van der Waals surface area contributed by atoms with Gasteiger partial charge in [0.25, 0.3) is 11.6 Å². The molecule has 1 N–H and O–H groups in total. The third kappa shape index (κ3) is 4.34. The topological polar surface area (TPSA) is 98.5 Å². The number of nitrogens with one attached hydrogen (secondary N) is 1. The number of nitrogens with zero attached hydrogens (tertiary/aromatic N) is 1. The van der Waals surface area contributed by atoms with Crippen molar-refractivity contribution in [2.24, 2.45) is 0 Å². The average Bonchev–Trinajstić information content (AvgIpc) is 2.96. The summed E-state index contributed by atoms with van der Waals surface area (Å²) >= 11 is 7.25. The van der Waals surface area contributed by atoms with Crippen molar-refractivity contribution in [3.8, 4) is 0 Å². The van der Waals surface area contributed by atoms with Gasteiger partial charge in [0.2, 0.25) is 0 Å². The van der Waals surface area contributed by atoms with Gasteiger partial charge in [-0.05, 0) is 18.6 Å². The van der Waals surface area contributed by atoms with E-state index in [4.69, 9.17) is 16.3 Å². The number of rotatable bonds is 6. The maximum Gasteiger partial charge on any atom is 0.340 e. The van der Waals surface area contributed by atoms with Gasteiger partial charge in [-0.1, -0.05) is 24.9 Å².